The molecule has 114 valence electrons. The standard InChI is InChI=1S/C18H31NO/c1-13(2)16-9-7-14(3)11-15(16)8-10-17(19-12-20)18(4,5)6/h8,10,13-17H,7,9,11H2,1-6H3/t14-,15-,16+,17+/m1/s1. The summed E-state index contributed by atoms with van der Waals surface area (Å²) in [5.74, 6) is 2.93. The van der Waals surface area contributed by atoms with Gasteiger partial charge in [-0.05, 0) is 41.9 Å². The van der Waals surface area contributed by atoms with Gasteiger partial charge in [0.25, 0.3) is 0 Å². The van der Waals surface area contributed by atoms with Crippen molar-refractivity contribution in [2.75, 3.05) is 0 Å². The molecule has 2 heteroatoms. The zero-order valence-electron chi connectivity index (χ0n) is 14.0. The van der Waals surface area contributed by atoms with E-state index < -0.39 is 0 Å². The van der Waals surface area contributed by atoms with Crippen LogP contribution in [0.2, 0.25) is 0 Å². The highest BCUT2D eigenvalue weighted by Crippen LogP contribution is 2.39. The van der Waals surface area contributed by atoms with E-state index in [1.54, 1.807) is 6.08 Å². The molecule has 0 bridgehead atoms. The molecule has 1 rings (SSSR count). The number of allylic oxidation sites excluding steroid dienone is 1. The Morgan fingerprint density at radius 3 is 2.40 bits per heavy atom. The Hall–Kier alpha value is -0.880. The van der Waals surface area contributed by atoms with Crippen molar-refractivity contribution in [3.05, 3.63) is 12.2 Å². The van der Waals surface area contributed by atoms with E-state index in [4.69, 9.17) is 0 Å². The van der Waals surface area contributed by atoms with E-state index in [9.17, 15) is 4.79 Å². The Morgan fingerprint density at radius 1 is 1.25 bits per heavy atom. The molecule has 0 spiro atoms. The van der Waals surface area contributed by atoms with Gasteiger partial charge < -0.3 is 0 Å². The summed E-state index contributed by atoms with van der Waals surface area (Å²) in [6.07, 6.45) is 10.1. The number of hydrogen-bond donors (Lipinski definition) is 0. The third-order valence-corrected chi connectivity index (χ3v) is 4.69. The average molecular weight is 277 g/mol. The van der Waals surface area contributed by atoms with Crippen LogP contribution in [-0.2, 0) is 4.79 Å². The lowest BCUT2D eigenvalue weighted by molar-refractivity contribution is 0.178. The third-order valence-electron chi connectivity index (χ3n) is 4.69. The van der Waals surface area contributed by atoms with E-state index in [-0.39, 0.29) is 11.5 Å². The number of nitrogens with zero attached hydrogens (tertiary/aromatic N) is 1. The summed E-state index contributed by atoms with van der Waals surface area (Å²) < 4.78 is 0. The summed E-state index contributed by atoms with van der Waals surface area (Å²) in [4.78, 5) is 14.6. The van der Waals surface area contributed by atoms with Crippen LogP contribution in [0, 0.1) is 29.1 Å². The van der Waals surface area contributed by atoms with Gasteiger partial charge in [0.2, 0.25) is 6.08 Å². The first-order valence-corrected chi connectivity index (χ1v) is 8.01. The molecule has 0 aromatic carbocycles. The number of aliphatic imine (C=N–C) groups is 1. The van der Waals surface area contributed by atoms with E-state index in [2.05, 4.69) is 58.7 Å². The fraction of sp³-hybridized carbons (Fsp3) is 0.833. The number of isocyanates is 1. The summed E-state index contributed by atoms with van der Waals surface area (Å²) in [5, 5.41) is 0. The second kappa shape index (κ2) is 7.22. The van der Waals surface area contributed by atoms with Gasteiger partial charge >= 0.3 is 0 Å². The van der Waals surface area contributed by atoms with E-state index >= 15 is 0 Å². The summed E-state index contributed by atoms with van der Waals surface area (Å²) in [5.41, 5.74) is -0.0263. The molecule has 1 saturated carbocycles. The van der Waals surface area contributed by atoms with Crippen molar-refractivity contribution in [3.8, 4) is 0 Å². The highest BCUT2D eigenvalue weighted by atomic mass is 16.1. The molecule has 0 amide bonds. The third kappa shape index (κ3) is 4.90. The minimum atomic E-state index is -0.0648. The minimum absolute atomic E-state index is 0.0263. The zero-order valence-corrected chi connectivity index (χ0v) is 14.0. The summed E-state index contributed by atoms with van der Waals surface area (Å²) in [6.45, 7) is 13.4. The van der Waals surface area contributed by atoms with E-state index in [0.29, 0.717) is 5.92 Å². The van der Waals surface area contributed by atoms with Crippen LogP contribution in [-0.4, -0.2) is 12.1 Å². The fourth-order valence-corrected chi connectivity index (χ4v) is 3.33. The second-order valence-corrected chi connectivity index (χ2v) is 7.91. The molecule has 20 heavy (non-hydrogen) atoms. The average Bonchev–Trinajstić information content (AvgIpc) is 2.32. The van der Waals surface area contributed by atoms with Gasteiger partial charge in [0, 0.05) is 0 Å². The number of rotatable bonds is 4. The SMILES string of the molecule is CC(C)[C@@H]1CC[C@@H](C)C[C@H]1C=C[C@H](N=C=O)C(C)(C)C. The van der Waals surface area contributed by atoms with Gasteiger partial charge in [-0.15, -0.1) is 0 Å². The maximum absolute atomic E-state index is 10.6. The highest BCUT2D eigenvalue weighted by molar-refractivity contribution is 5.35. The Balaban J connectivity index is 2.85. The Morgan fingerprint density at radius 2 is 1.90 bits per heavy atom. The minimum Gasteiger partial charge on any atom is -0.211 e. The molecule has 0 unspecified atom stereocenters. The van der Waals surface area contributed by atoms with Gasteiger partial charge in [0.05, 0.1) is 6.04 Å². The molecule has 4 atom stereocenters. The van der Waals surface area contributed by atoms with Crippen molar-refractivity contribution >= 4 is 6.08 Å². The van der Waals surface area contributed by atoms with Crippen LogP contribution in [0.4, 0.5) is 0 Å². The molecule has 0 N–H and O–H groups in total. The lowest BCUT2D eigenvalue weighted by Crippen LogP contribution is -2.27. The van der Waals surface area contributed by atoms with Gasteiger partial charge in [-0.2, -0.15) is 4.99 Å². The topological polar surface area (TPSA) is 29.4 Å². The molecule has 1 aliphatic carbocycles. The van der Waals surface area contributed by atoms with Crippen molar-refractivity contribution in [1.29, 1.82) is 0 Å². The van der Waals surface area contributed by atoms with Gasteiger partial charge in [0.15, 0.2) is 0 Å². The maximum Gasteiger partial charge on any atom is 0.235 e. The largest absolute Gasteiger partial charge is 0.235 e. The second-order valence-electron chi connectivity index (χ2n) is 7.91. The molecule has 1 fully saturated rings. The Labute approximate surface area is 124 Å². The molecule has 2 nitrogen and oxygen atoms in total. The van der Waals surface area contributed by atoms with E-state index in [1.807, 2.05) is 0 Å². The smallest absolute Gasteiger partial charge is 0.211 e. The zero-order chi connectivity index (χ0) is 15.3. The van der Waals surface area contributed by atoms with Crippen molar-refractivity contribution in [2.45, 2.75) is 66.8 Å². The molecule has 0 radical (unpaired) electrons. The van der Waals surface area contributed by atoms with Gasteiger partial charge in [-0.25, -0.2) is 4.79 Å². The van der Waals surface area contributed by atoms with Crippen molar-refractivity contribution in [3.63, 3.8) is 0 Å². The van der Waals surface area contributed by atoms with Crippen LogP contribution < -0.4 is 0 Å². The van der Waals surface area contributed by atoms with Crippen molar-refractivity contribution in [1.82, 2.24) is 0 Å². The molecular weight excluding hydrogens is 246 g/mol. The lowest BCUT2D eigenvalue weighted by atomic mass is 9.69. The molecule has 0 saturated heterocycles. The summed E-state index contributed by atoms with van der Waals surface area (Å²) >= 11 is 0. The maximum atomic E-state index is 10.6. The van der Waals surface area contributed by atoms with E-state index in [0.717, 1.165) is 17.8 Å². The molecule has 0 aromatic rings. The molecule has 1 aliphatic rings. The first-order valence-electron chi connectivity index (χ1n) is 8.01. The quantitative estimate of drug-likeness (QED) is 0.404. The van der Waals surface area contributed by atoms with Crippen LogP contribution in [0.5, 0.6) is 0 Å². The lowest BCUT2D eigenvalue weighted by Gasteiger charge is -2.36. The predicted octanol–water partition coefficient (Wildman–Crippen LogP) is 5.00. The molecule has 0 aromatic heterocycles. The number of hydrogen-bond acceptors (Lipinski definition) is 2. The van der Waals surface area contributed by atoms with Crippen LogP contribution in [0.3, 0.4) is 0 Å². The highest BCUT2D eigenvalue weighted by Gasteiger charge is 2.29. The number of carbonyl (C=O) groups excluding carboxylic acids is 1. The normalized spacial score (nSPS) is 29.4. The van der Waals surface area contributed by atoms with Crippen molar-refractivity contribution < 1.29 is 4.79 Å². The predicted molar refractivity (Wildman–Crippen MR) is 85.3 cm³/mol. The molecule has 0 heterocycles. The first-order chi connectivity index (χ1) is 9.25. The molecular formula is C18H31NO. The van der Waals surface area contributed by atoms with Crippen molar-refractivity contribution in [2.24, 2.45) is 34.1 Å². The molecule has 0 aliphatic heterocycles. The summed E-state index contributed by atoms with van der Waals surface area (Å²) in [6, 6.07) is -0.0648. The fourth-order valence-electron chi connectivity index (χ4n) is 3.33. The Bertz CT molecular complexity index is 371. The first kappa shape index (κ1) is 17.2. The van der Waals surface area contributed by atoms with Gasteiger partial charge in [0.1, 0.15) is 0 Å². The van der Waals surface area contributed by atoms with Crippen LogP contribution >= 0.6 is 0 Å². The van der Waals surface area contributed by atoms with Crippen LogP contribution in [0.25, 0.3) is 0 Å². The summed E-state index contributed by atoms with van der Waals surface area (Å²) in [7, 11) is 0. The monoisotopic (exact) mass is 277 g/mol. The van der Waals surface area contributed by atoms with Crippen LogP contribution in [0.15, 0.2) is 17.1 Å². The van der Waals surface area contributed by atoms with Crippen LogP contribution in [0.1, 0.15) is 60.8 Å². The Kier molecular flexibility index (Phi) is 6.20. The van der Waals surface area contributed by atoms with E-state index in [1.165, 1.54) is 19.3 Å². The van der Waals surface area contributed by atoms with Gasteiger partial charge in [-0.3, -0.25) is 0 Å². The van der Waals surface area contributed by atoms with Gasteiger partial charge in [-0.1, -0.05) is 60.1 Å².